The quantitative estimate of drug-likeness (QED) is 0.0184. The van der Waals surface area contributed by atoms with E-state index in [2.05, 4.69) is 79.4 Å². The van der Waals surface area contributed by atoms with E-state index >= 15 is 0 Å². The van der Waals surface area contributed by atoms with Crippen LogP contribution in [0.1, 0.15) is 124 Å². The van der Waals surface area contributed by atoms with Crippen molar-refractivity contribution in [2.75, 3.05) is 34.9 Å². The number of aromatic amines is 1. The number of halogens is 3. The van der Waals surface area contributed by atoms with Crippen molar-refractivity contribution in [3.8, 4) is 5.75 Å². The minimum atomic E-state index is -5.08. The van der Waals surface area contributed by atoms with Crippen molar-refractivity contribution in [1.29, 1.82) is 0 Å². The molecule has 3 unspecified atom stereocenters. The van der Waals surface area contributed by atoms with Gasteiger partial charge in [0.1, 0.15) is 84.3 Å². The summed E-state index contributed by atoms with van der Waals surface area (Å²) in [6.45, 7) is 7.11. The molecule has 3 rings (SSSR count). The zero-order valence-corrected chi connectivity index (χ0v) is 82.1. The number of primary amides is 2. The molecule has 147 heavy (non-hydrogen) atoms. The Hall–Kier alpha value is -14.8. The van der Waals surface area contributed by atoms with E-state index in [1.807, 2.05) is 16.0 Å². The average molecular weight is 2150 g/mol. The van der Waals surface area contributed by atoms with Crippen LogP contribution in [0.4, 0.5) is 13.2 Å². The van der Waals surface area contributed by atoms with Crippen LogP contribution >= 0.6 is 35.3 Å². The molecule has 0 bridgehead atoms. The summed E-state index contributed by atoms with van der Waals surface area (Å²) in [5, 5.41) is 148. The van der Waals surface area contributed by atoms with Gasteiger partial charge < -0.3 is 169 Å². The second kappa shape index (κ2) is 64.1. The van der Waals surface area contributed by atoms with Gasteiger partial charge in [-0.1, -0.05) is 30.3 Å². The first-order valence-corrected chi connectivity index (χ1v) is 47.5. The second-order valence-corrected chi connectivity index (χ2v) is 35.6. The predicted molar refractivity (Wildman–Crippen MR) is 505 cm³/mol. The number of nitrogens with one attached hydrogen (secondary N) is 18. The first-order valence-electron chi connectivity index (χ1n) is 44.0. The van der Waals surface area contributed by atoms with Crippen molar-refractivity contribution in [1.82, 2.24) is 95.4 Å². The monoisotopic (exact) mass is 2150 g/mol. The van der Waals surface area contributed by atoms with Crippen molar-refractivity contribution in [2.45, 2.75) is 247 Å². The Morgan fingerprint density at radius 3 is 1.01 bits per heavy atom. The number of aliphatic hydroxyl groups excluding tert-OH is 4. The number of thioether (sulfide) groups is 3. The van der Waals surface area contributed by atoms with Gasteiger partial charge >= 0.3 is 42.0 Å². The molecule has 0 aliphatic carbocycles. The fourth-order valence-electron chi connectivity index (χ4n) is 12.5. The van der Waals surface area contributed by atoms with E-state index in [9.17, 15) is 179 Å². The topological polar surface area (TPSA) is 948 Å². The van der Waals surface area contributed by atoms with Gasteiger partial charge in [-0.25, -0.2) is 9.59 Å². The number of rotatable bonds is 65. The number of hydrogen-bond acceptors (Lipinski definition) is 34. The molecule has 3 aromatic rings. The zero-order chi connectivity index (χ0) is 112. The Balaban J connectivity index is 0.0000100. The minimum absolute atomic E-state index is 0.204. The molecule has 1 aromatic heterocycles. The lowest BCUT2D eigenvalue weighted by atomic mass is 10.0. The summed E-state index contributed by atoms with van der Waals surface area (Å²) in [7, 11) is 0. The predicted octanol–water partition coefficient (Wildman–Crippen LogP) is -10.3. The highest BCUT2D eigenvalue weighted by atomic mass is 32.2. The Kier molecular flexibility index (Phi) is 55.9. The number of carboxylic acid groups (broad SMARTS) is 6. The molecule has 0 spiro atoms. The Bertz CT molecular complexity index is 5160. The van der Waals surface area contributed by atoms with Crippen LogP contribution in [0.25, 0.3) is 10.9 Å². The number of H-pyrrole nitrogens is 1. The number of fused-ring (bicyclic) bond motifs is 1. The summed E-state index contributed by atoms with van der Waals surface area (Å²) >= 11 is 2.18. The van der Waals surface area contributed by atoms with Crippen LogP contribution in [0.2, 0.25) is 0 Å². The van der Waals surface area contributed by atoms with Gasteiger partial charge in [0, 0.05) is 93.7 Å². The SMILES string of the molecule is CC(=O)NCSC[C@H](NC(=O)[C@H](CC(N)=O)NC(=O)[C@H](CC(=O)O)NC(=O)[C@@H](NC(=O)[C@H](CCC(N)=O)NC(=O)[C@H](Cc1c[nH]c2ccccc12)NC(=O)[C@@H](N)CCC(=O)O)C(C)O)C(=O)N[C@@H](CCC(=O)O)C(=O)N[C@H](C(=O)N[C@@H](CSCNC(C)=O)C(=O)N[C@H](C(=O)N[C@@H](CSCNC(C)=O)C(=O)N[C@@H](Cc1ccc(O)cc1)C(=O)N[C@@H](CCC(=O)O)C(=O)N[C@H](C(=O)O)[C@@H](C)O)C(C)O)C(C)O.O=C(O)C(F)(F)F. The van der Waals surface area contributed by atoms with Crippen LogP contribution in [0.3, 0.4) is 0 Å². The van der Waals surface area contributed by atoms with Gasteiger partial charge in [-0.2, -0.15) is 13.2 Å². The number of phenolic OH excluding ortho intramolecular Hbond substituents is 1. The van der Waals surface area contributed by atoms with Crippen LogP contribution in [-0.4, -0.2) is 365 Å². The average Bonchev–Trinajstić information content (AvgIpc) is 1.68. The summed E-state index contributed by atoms with van der Waals surface area (Å²) in [4.78, 5) is 332. The van der Waals surface area contributed by atoms with Gasteiger partial charge in [0.15, 0.2) is 6.04 Å². The number of nitrogens with two attached hydrogens (primary N) is 3. The summed E-state index contributed by atoms with van der Waals surface area (Å²) in [6, 6.07) is -18.3. The third-order valence-electron chi connectivity index (χ3n) is 20.2. The Labute approximate surface area is 845 Å². The number of benzene rings is 2. The molecule has 816 valence electrons. The van der Waals surface area contributed by atoms with Gasteiger partial charge in [-0.3, -0.25) is 110 Å². The summed E-state index contributed by atoms with van der Waals surface area (Å²) in [6.07, 6.45) is -20.5. The molecule has 0 radical (unpaired) electrons. The van der Waals surface area contributed by atoms with E-state index in [-0.39, 0.29) is 41.8 Å². The molecule has 1 heterocycles. The Morgan fingerprint density at radius 1 is 0.354 bits per heavy atom. The highest BCUT2D eigenvalue weighted by Gasteiger charge is 2.43. The molecular weight excluding hydrogens is 2030 g/mol. The van der Waals surface area contributed by atoms with E-state index in [4.69, 9.17) is 27.1 Å². The highest BCUT2D eigenvalue weighted by molar-refractivity contribution is 7.99. The lowest BCUT2D eigenvalue weighted by Gasteiger charge is -2.29. The molecule has 0 aliphatic rings. The molecule has 19 amide bonds. The third-order valence-corrected chi connectivity index (χ3v) is 22.9. The fraction of sp³-hybridized carbons (Fsp3) is 0.536. The molecular formula is C84H120F3N21O36S3. The molecule has 0 saturated carbocycles. The molecule has 19 atom stereocenters. The number of carbonyl (C=O) groups excluding carboxylic acids is 19. The number of aromatic nitrogens is 1. The van der Waals surface area contributed by atoms with Crippen LogP contribution in [0, 0.1) is 0 Å². The number of hydrogen-bond donors (Lipinski definition) is 32. The highest BCUT2D eigenvalue weighted by Crippen LogP contribution is 2.22. The summed E-state index contributed by atoms with van der Waals surface area (Å²) in [5.74, 6) is -37.2. The van der Waals surface area contributed by atoms with Crippen molar-refractivity contribution in [2.24, 2.45) is 17.2 Å². The molecule has 0 fully saturated rings. The third kappa shape index (κ3) is 49.5. The molecule has 35 N–H and O–H groups in total. The van der Waals surface area contributed by atoms with E-state index in [1.165, 1.54) is 30.5 Å². The van der Waals surface area contributed by atoms with Gasteiger partial charge in [-0.05, 0) is 82.7 Å². The van der Waals surface area contributed by atoms with Crippen LogP contribution in [0.15, 0.2) is 54.7 Å². The standard InChI is InChI=1S/C82H119N21O34S3.C2HF3O2/c1-35(104)64(100-69(123)48(17-20-58(84)112)90-73(127)52(93-68(122)46(83)16-21-60(114)115)25-43-28-86-47-11-9-8-10-45(43)47)79(133)96-54(27-63(120)121)75(129)95-53(26-59(85)113)74(128)97-55(29-138-32-87-39(5)108)76(130)92-49(18-22-61(116)117)70(124)101-65(36(2)105)80(134)99-57(31-140-34-89-41(7)110)78(132)102-66(37(3)106)81(135)98-56(30-139-33-88-40(6)109)77(131)94-51(24-42-12-14-44(111)15-13-42)72(126)91-50(19-23-62(118)119)71(125)103-67(38(4)107)82(136)137;3-2(4,5)1(6)7/h8-15,28,35-38,46,48-57,64-67,86,104-107,111H,16-27,29-34,83H2,1-7H3,(H2,84,112)(H2,85,113)(H,87,108)(H,88,109)(H,89,110)(H,90,127)(H,91,126)(H,92,130)(H,93,122)(H,94,131)(H,95,129)(H,96,133)(H,97,128)(H,98,135)(H,99,134)(H,100,123)(H,101,124)(H,102,132)(H,103,125)(H,114,115)(H,116,117)(H,118,119)(H,120,121)(H,136,137);(H,6,7)/t35?,36?,37?,38-,46+,48+,49+,50+,51+,52+,53+,54+,55+,56+,57+,64+,65+,66+,67+;/m1./s1. The van der Waals surface area contributed by atoms with Crippen LogP contribution in [0.5, 0.6) is 5.75 Å². The van der Waals surface area contributed by atoms with Crippen molar-refractivity contribution < 1.29 is 189 Å². The first kappa shape index (κ1) is 128. The van der Waals surface area contributed by atoms with Gasteiger partial charge in [-0.15, -0.1) is 35.3 Å². The number of para-hydroxylation sites is 1. The smallest absolute Gasteiger partial charge is 0.490 e. The van der Waals surface area contributed by atoms with Gasteiger partial charge in [0.25, 0.3) is 0 Å². The van der Waals surface area contributed by atoms with Gasteiger partial charge in [0.2, 0.25) is 112 Å². The maximum absolute atomic E-state index is 14.6. The van der Waals surface area contributed by atoms with Crippen molar-refractivity contribution in [3.05, 3.63) is 65.9 Å². The minimum Gasteiger partial charge on any atom is -0.508 e. The van der Waals surface area contributed by atoms with E-state index in [0.29, 0.717) is 28.2 Å². The lowest BCUT2D eigenvalue weighted by molar-refractivity contribution is -0.192. The number of carboxylic acids is 6. The number of phenols is 1. The number of carbonyl (C=O) groups is 25. The second-order valence-electron chi connectivity index (χ2n) is 32.5. The molecule has 63 heteroatoms. The molecule has 0 aliphatic heterocycles. The van der Waals surface area contributed by atoms with Crippen LogP contribution < -0.4 is 108 Å². The van der Waals surface area contributed by atoms with Crippen molar-refractivity contribution in [3.63, 3.8) is 0 Å². The number of aliphatic hydroxyl groups is 4. The van der Waals surface area contributed by atoms with E-state index < -0.39 is 351 Å². The van der Waals surface area contributed by atoms with Crippen molar-refractivity contribution >= 4 is 194 Å². The normalized spacial score (nSPS) is 14.9. The lowest BCUT2D eigenvalue weighted by Crippen LogP contribution is -2.64. The molecule has 2 aromatic carbocycles. The summed E-state index contributed by atoms with van der Waals surface area (Å²) in [5.41, 5.74) is 18.1. The molecule has 0 saturated heterocycles. The first-order chi connectivity index (χ1) is 68.5. The maximum Gasteiger partial charge on any atom is 0.490 e. The zero-order valence-electron chi connectivity index (χ0n) is 79.6. The van der Waals surface area contributed by atoms with E-state index in [0.717, 1.165) is 72.0 Å². The van der Waals surface area contributed by atoms with Crippen LogP contribution in [-0.2, 0) is 133 Å². The fourth-order valence-corrected chi connectivity index (χ4v) is 15.2. The number of aromatic hydroxyl groups is 1. The van der Waals surface area contributed by atoms with Gasteiger partial charge in [0.05, 0.1) is 60.9 Å². The van der Waals surface area contributed by atoms with E-state index in [1.54, 1.807) is 24.3 Å². The largest absolute Gasteiger partial charge is 0.508 e. The Morgan fingerprint density at radius 2 is 0.653 bits per heavy atom. The number of amides is 19. The maximum atomic E-state index is 14.6. The molecule has 57 nitrogen and oxygen atoms in total. The number of alkyl halides is 3. The number of aliphatic carboxylic acids is 6. The summed E-state index contributed by atoms with van der Waals surface area (Å²) < 4.78 is 31.7.